The molecule has 3 aromatic rings. The van der Waals surface area contributed by atoms with Gasteiger partial charge in [-0.25, -0.2) is 0 Å². The Balaban J connectivity index is 1.89. The number of aryl methyl sites for hydroxylation is 1. The largest absolute Gasteiger partial charge is 0.290 e. The molecule has 0 saturated carbocycles. The van der Waals surface area contributed by atoms with Crippen LogP contribution in [-0.2, 0) is 6.42 Å². The van der Waals surface area contributed by atoms with Crippen molar-refractivity contribution < 1.29 is 0 Å². The smallest absolute Gasteiger partial charge is 0.132 e. The molecule has 0 heterocycles. The van der Waals surface area contributed by atoms with E-state index in [1.54, 1.807) is 0 Å². The Hall–Kier alpha value is -2.38. The van der Waals surface area contributed by atoms with Crippen molar-refractivity contribution in [3.63, 3.8) is 0 Å². The zero-order valence-corrected chi connectivity index (χ0v) is 15.4. The van der Waals surface area contributed by atoms with Crippen LogP contribution in [0.2, 0.25) is 0 Å². The van der Waals surface area contributed by atoms with Gasteiger partial charge < -0.3 is 0 Å². The highest BCUT2D eigenvalue weighted by Gasteiger charge is 2.35. The molecule has 0 saturated heterocycles. The predicted molar refractivity (Wildman–Crippen MR) is 108 cm³/mol. The van der Waals surface area contributed by atoms with E-state index in [0.29, 0.717) is 6.04 Å². The van der Waals surface area contributed by atoms with Crippen molar-refractivity contribution in [3.05, 3.63) is 89.5 Å². The van der Waals surface area contributed by atoms with Gasteiger partial charge in [0.2, 0.25) is 0 Å². The van der Waals surface area contributed by atoms with Gasteiger partial charge in [-0.15, -0.1) is 0 Å². The molecule has 0 aliphatic heterocycles. The van der Waals surface area contributed by atoms with Crippen LogP contribution in [0.4, 0.5) is 5.69 Å². The highest BCUT2D eigenvalue weighted by molar-refractivity contribution is 5.74. The zero-order valence-electron chi connectivity index (χ0n) is 15.4. The SMILES string of the molecule is Cc1cccc2c1CCC([N+](C)(C)c1ccccc1)c1ccccc1-2. The first kappa shape index (κ1) is 16.1. The van der Waals surface area contributed by atoms with E-state index in [1.807, 2.05) is 0 Å². The van der Waals surface area contributed by atoms with Crippen LogP contribution in [0.25, 0.3) is 11.1 Å². The first-order valence-electron chi connectivity index (χ1n) is 9.16. The number of quaternary nitrogens is 1. The maximum absolute atomic E-state index is 2.35. The van der Waals surface area contributed by atoms with Gasteiger partial charge in [0.05, 0.1) is 14.1 Å². The van der Waals surface area contributed by atoms with Gasteiger partial charge in [-0.05, 0) is 47.7 Å². The van der Waals surface area contributed by atoms with Gasteiger partial charge in [0.15, 0.2) is 0 Å². The van der Waals surface area contributed by atoms with Crippen LogP contribution in [0.15, 0.2) is 72.8 Å². The summed E-state index contributed by atoms with van der Waals surface area (Å²) in [6.07, 6.45) is 2.30. The maximum Gasteiger partial charge on any atom is 0.132 e. The Labute approximate surface area is 151 Å². The minimum absolute atomic E-state index is 0.449. The van der Waals surface area contributed by atoms with Gasteiger partial charge >= 0.3 is 0 Å². The van der Waals surface area contributed by atoms with Crippen LogP contribution < -0.4 is 4.48 Å². The standard InChI is InChI=1S/C24H26N/c1-18-10-9-15-21-20(18)16-17-24(23-14-8-7-13-22(21)23)25(2,3)19-11-5-4-6-12-19/h4-15,24H,16-17H2,1-3H3/q+1. The molecule has 126 valence electrons. The number of hydrogen-bond donors (Lipinski definition) is 0. The summed E-state index contributed by atoms with van der Waals surface area (Å²) in [7, 11) is 4.69. The van der Waals surface area contributed by atoms with E-state index in [4.69, 9.17) is 0 Å². The van der Waals surface area contributed by atoms with Crippen molar-refractivity contribution in [2.45, 2.75) is 25.8 Å². The Kier molecular flexibility index (Phi) is 3.97. The fraction of sp³-hybridized carbons (Fsp3) is 0.250. The molecule has 4 rings (SSSR count). The summed E-state index contributed by atoms with van der Waals surface area (Å²) in [5.41, 5.74) is 8.60. The van der Waals surface area contributed by atoms with E-state index >= 15 is 0 Å². The fourth-order valence-corrected chi connectivity index (χ4v) is 4.42. The van der Waals surface area contributed by atoms with Gasteiger partial charge in [-0.3, -0.25) is 4.48 Å². The third-order valence-corrected chi connectivity index (χ3v) is 5.89. The summed E-state index contributed by atoms with van der Waals surface area (Å²) in [6.45, 7) is 2.25. The number of rotatable bonds is 2. The molecule has 0 amide bonds. The molecule has 3 aromatic carbocycles. The molecule has 0 spiro atoms. The summed E-state index contributed by atoms with van der Waals surface area (Å²) in [5.74, 6) is 0. The minimum Gasteiger partial charge on any atom is -0.290 e. The van der Waals surface area contributed by atoms with Crippen LogP contribution in [0.5, 0.6) is 0 Å². The monoisotopic (exact) mass is 328 g/mol. The number of nitrogens with zero attached hydrogens (tertiary/aromatic N) is 1. The maximum atomic E-state index is 2.35. The van der Waals surface area contributed by atoms with Crippen molar-refractivity contribution in [2.24, 2.45) is 0 Å². The molecule has 0 N–H and O–H groups in total. The van der Waals surface area contributed by atoms with Gasteiger partial charge in [0.25, 0.3) is 0 Å². The van der Waals surface area contributed by atoms with Crippen LogP contribution in [0.3, 0.4) is 0 Å². The number of benzene rings is 3. The number of para-hydroxylation sites is 1. The third kappa shape index (κ3) is 2.69. The summed E-state index contributed by atoms with van der Waals surface area (Å²) in [6, 6.07) is 27.1. The predicted octanol–water partition coefficient (Wildman–Crippen LogP) is 5.92. The van der Waals surface area contributed by atoms with Gasteiger partial charge in [0.1, 0.15) is 11.7 Å². The number of hydrogen-bond acceptors (Lipinski definition) is 0. The van der Waals surface area contributed by atoms with Crippen molar-refractivity contribution in [3.8, 4) is 11.1 Å². The molecule has 0 aromatic heterocycles. The Morgan fingerprint density at radius 3 is 2.24 bits per heavy atom. The van der Waals surface area contributed by atoms with E-state index in [0.717, 1.165) is 17.3 Å². The van der Waals surface area contributed by atoms with E-state index in [1.165, 1.54) is 33.5 Å². The van der Waals surface area contributed by atoms with Gasteiger partial charge in [-0.2, -0.15) is 0 Å². The van der Waals surface area contributed by atoms with E-state index < -0.39 is 0 Å². The second kappa shape index (κ2) is 6.16. The first-order chi connectivity index (χ1) is 12.1. The molecule has 1 nitrogen and oxygen atoms in total. The lowest BCUT2D eigenvalue weighted by Gasteiger charge is -2.38. The van der Waals surface area contributed by atoms with Crippen LogP contribution in [-0.4, -0.2) is 14.1 Å². The molecule has 0 fully saturated rings. The van der Waals surface area contributed by atoms with E-state index in [2.05, 4.69) is 93.8 Å². The minimum atomic E-state index is 0.449. The second-order valence-corrected chi connectivity index (χ2v) is 7.62. The summed E-state index contributed by atoms with van der Waals surface area (Å²) < 4.78 is 0.880. The molecule has 0 bridgehead atoms. The molecule has 1 aliphatic carbocycles. The van der Waals surface area contributed by atoms with Crippen LogP contribution >= 0.6 is 0 Å². The zero-order chi connectivity index (χ0) is 17.4. The van der Waals surface area contributed by atoms with Crippen LogP contribution in [0.1, 0.15) is 29.2 Å². The molecule has 1 atom stereocenters. The fourth-order valence-electron chi connectivity index (χ4n) is 4.42. The summed E-state index contributed by atoms with van der Waals surface area (Å²) in [5, 5.41) is 0. The summed E-state index contributed by atoms with van der Waals surface area (Å²) >= 11 is 0. The molecule has 25 heavy (non-hydrogen) atoms. The second-order valence-electron chi connectivity index (χ2n) is 7.62. The van der Waals surface area contributed by atoms with Crippen molar-refractivity contribution in [2.75, 3.05) is 14.1 Å². The average Bonchev–Trinajstić information content (AvgIpc) is 2.81. The van der Waals surface area contributed by atoms with Crippen molar-refractivity contribution >= 4 is 5.69 Å². The lowest BCUT2D eigenvalue weighted by atomic mass is 9.93. The molecule has 0 radical (unpaired) electrons. The molecular weight excluding hydrogens is 302 g/mol. The number of fused-ring (bicyclic) bond motifs is 3. The highest BCUT2D eigenvalue weighted by Crippen LogP contribution is 2.43. The highest BCUT2D eigenvalue weighted by atomic mass is 15.3. The Morgan fingerprint density at radius 2 is 1.44 bits per heavy atom. The lowest BCUT2D eigenvalue weighted by Crippen LogP contribution is -2.44. The Bertz CT molecular complexity index is 893. The molecule has 1 aliphatic rings. The quantitative estimate of drug-likeness (QED) is 0.512. The average molecular weight is 328 g/mol. The summed E-state index contributed by atoms with van der Waals surface area (Å²) in [4.78, 5) is 0. The normalized spacial score (nSPS) is 16.7. The van der Waals surface area contributed by atoms with Crippen molar-refractivity contribution in [1.82, 2.24) is 4.48 Å². The first-order valence-corrected chi connectivity index (χ1v) is 9.16. The molecule has 1 heteroatoms. The van der Waals surface area contributed by atoms with Gasteiger partial charge in [-0.1, -0.05) is 60.7 Å². The van der Waals surface area contributed by atoms with Gasteiger partial charge in [0, 0.05) is 12.0 Å². The third-order valence-electron chi connectivity index (χ3n) is 5.89. The Morgan fingerprint density at radius 1 is 0.760 bits per heavy atom. The van der Waals surface area contributed by atoms with Crippen molar-refractivity contribution in [1.29, 1.82) is 0 Å². The van der Waals surface area contributed by atoms with Crippen LogP contribution in [0, 0.1) is 6.92 Å². The van der Waals surface area contributed by atoms with E-state index in [-0.39, 0.29) is 0 Å². The topological polar surface area (TPSA) is 0 Å². The molecular formula is C24H26N+. The molecule has 1 unspecified atom stereocenters. The van der Waals surface area contributed by atoms with E-state index in [9.17, 15) is 0 Å². The lowest BCUT2D eigenvalue weighted by molar-refractivity contribution is 0.283.